The van der Waals surface area contributed by atoms with Crippen LogP contribution >= 0.6 is 0 Å². The molecule has 0 radical (unpaired) electrons. The summed E-state index contributed by atoms with van der Waals surface area (Å²) in [6.07, 6.45) is -0.718. The summed E-state index contributed by atoms with van der Waals surface area (Å²) in [5.41, 5.74) is 4.62. The van der Waals surface area contributed by atoms with Gasteiger partial charge in [-0.05, 0) is 91.9 Å². The highest BCUT2D eigenvalue weighted by molar-refractivity contribution is 5.98. The van der Waals surface area contributed by atoms with Crippen molar-refractivity contribution in [3.05, 3.63) is 76.9 Å². The van der Waals surface area contributed by atoms with E-state index in [1.54, 1.807) is 42.5 Å². The number of aryl methyl sites for hydroxylation is 2. The zero-order valence-electron chi connectivity index (χ0n) is 21.4. The third kappa shape index (κ3) is 7.31. The first kappa shape index (κ1) is 27.7. The summed E-state index contributed by atoms with van der Waals surface area (Å²) in [5.74, 6) is -0.163. The predicted molar refractivity (Wildman–Crippen MR) is 141 cm³/mol. The van der Waals surface area contributed by atoms with Crippen molar-refractivity contribution in [3.8, 4) is 28.4 Å². The number of carbonyl (C=O) groups excluding carboxylic acids is 1. The number of nitrogens with one attached hydrogen (secondary N) is 1. The van der Waals surface area contributed by atoms with E-state index < -0.39 is 18.7 Å². The second-order valence-corrected chi connectivity index (χ2v) is 9.02. The maximum atomic E-state index is 12.1. The number of benzene rings is 3. The largest absolute Gasteiger partial charge is 0.508 e. The standard InChI is InChI=1S/C29H33NO7/c1-17-13-23(22-7-10-26(37-16-27(33)34)25(15-22)20(4)31)14-18(2)29(17)36-12-11-30-19(3)28(35)21-5-8-24(32)9-6-21/h5-10,13-15,19,28,30,32,35H,11-12,16H2,1-4H3,(H,33,34)/t19-,28-/m0/s1. The van der Waals surface area contributed by atoms with Crippen LogP contribution in [-0.4, -0.2) is 52.9 Å². The number of aromatic hydroxyl groups is 1. The van der Waals surface area contributed by atoms with Gasteiger partial charge in [0, 0.05) is 12.6 Å². The Morgan fingerprint density at radius 1 is 0.946 bits per heavy atom. The van der Waals surface area contributed by atoms with Crippen molar-refractivity contribution in [3.63, 3.8) is 0 Å². The van der Waals surface area contributed by atoms with Gasteiger partial charge in [-0.3, -0.25) is 4.79 Å². The number of hydrogen-bond donors (Lipinski definition) is 4. The summed E-state index contributed by atoms with van der Waals surface area (Å²) in [6, 6.07) is 15.3. The van der Waals surface area contributed by atoms with Crippen molar-refractivity contribution < 1.29 is 34.4 Å². The Hall–Kier alpha value is -3.88. The van der Waals surface area contributed by atoms with E-state index in [-0.39, 0.29) is 23.3 Å². The maximum Gasteiger partial charge on any atom is 0.341 e. The Labute approximate surface area is 216 Å². The summed E-state index contributed by atoms with van der Waals surface area (Å²) in [7, 11) is 0. The SMILES string of the molecule is CC(=O)c1cc(-c2cc(C)c(OCCN[C@@H](C)[C@H](O)c3ccc(O)cc3)c(C)c2)ccc1OCC(=O)O. The number of phenolic OH excluding ortho intramolecular Hbond substituents is 1. The van der Waals surface area contributed by atoms with Gasteiger partial charge in [0.25, 0.3) is 0 Å². The van der Waals surface area contributed by atoms with Crippen LogP contribution in [0.2, 0.25) is 0 Å². The highest BCUT2D eigenvalue weighted by Crippen LogP contribution is 2.33. The maximum absolute atomic E-state index is 12.1. The molecule has 0 heterocycles. The minimum atomic E-state index is -1.11. The zero-order valence-corrected chi connectivity index (χ0v) is 21.4. The number of phenols is 1. The topological polar surface area (TPSA) is 125 Å². The van der Waals surface area contributed by atoms with Crippen molar-refractivity contribution in [2.75, 3.05) is 19.8 Å². The van der Waals surface area contributed by atoms with E-state index in [0.29, 0.717) is 18.7 Å². The van der Waals surface area contributed by atoms with Crippen LogP contribution in [0.1, 0.15) is 47.0 Å². The molecule has 8 nitrogen and oxygen atoms in total. The van der Waals surface area contributed by atoms with E-state index in [1.165, 1.54) is 6.92 Å². The van der Waals surface area contributed by atoms with Crippen LogP contribution in [0.25, 0.3) is 11.1 Å². The second kappa shape index (κ2) is 12.4. The minimum Gasteiger partial charge on any atom is -0.508 e. The number of ether oxygens (including phenoxy) is 2. The van der Waals surface area contributed by atoms with Crippen molar-refractivity contribution in [1.82, 2.24) is 5.32 Å². The molecule has 0 amide bonds. The Kier molecular flexibility index (Phi) is 9.27. The first-order chi connectivity index (χ1) is 17.6. The molecule has 0 unspecified atom stereocenters. The lowest BCUT2D eigenvalue weighted by atomic mass is 9.97. The van der Waals surface area contributed by atoms with Gasteiger partial charge < -0.3 is 30.1 Å². The molecule has 0 saturated carbocycles. The fourth-order valence-electron chi connectivity index (χ4n) is 4.11. The van der Waals surface area contributed by atoms with Gasteiger partial charge in [0.05, 0.1) is 11.7 Å². The second-order valence-electron chi connectivity index (χ2n) is 9.02. The van der Waals surface area contributed by atoms with E-state index in [9.17, 15) is 19.8 Å². The fourth-order valence-corrected chi connectivity index (χ4v) is 4.11. The van der Waals surface area contributed by atoms with Crippen LogP contribution in [0.15, 0.2) is 54.6 Å². The van der Waals surface area contributed by atoms with Crippen molar-refractivity contribution in [2.24, 2.45) is 0 Å². The molecule has 2 atom stereocenters. The van der Waals surface area contributed by atoms with Gasteiger partial charge in [0.2, 0.25) is 0 Å². The summed E-state index contributed by atoms with van der Waals surface area (Å²) in [4.78, 5) is 23.0. The lowest BCUT2D eigenvalue weighted by Crippen LogP contribution is -2.35. The normalized spacial score (nSPS) is 12.6. The number of aliphatic hydroxyl groups is 1. The van der Waals surface area contributed by atoms with Crippen LogP contribution in [0, 0.1) is 13.8 Å². The quantitative estimate of drug-likeness (QED) is 0.210. The smallest absolute Gasteiger partial charge is 0.341 e. The lowest BCUT2D eigenvalue weighted by Gasteiger charge is -2.21. The van der Waals surface area contributed by atoms with Crippen LogP contribution in [0.5, 0.6) is 17.2 Å². The number of carboxylic acid groups (broad SMARTS) is 1. The third-order valence-corrected chi connectivity index (χ3v) is 6.03. The van der Waals surface area contributed by atoms with E-state index in [1.807, 2.05) is 32.9 Å². The molecule has 0 fully saturated rings. The minimum absolute atomic E-state index is 0.155. The number of Topliss-reactive ketones (excluding diaryl/α,β-unsaturated/α-hetero) is 1. The molecule has 3 aromatic carbocycles. The molecule has 3 aromatic rings. The van der Waals surface area contributed by atoms with Crippen LogP contribution in [0.4, 0.5) is 0 Å². The molecule has 8 heteroatoms. The number of aliphatic carboxylic acids is 1. The first-order valence-electron chi connectivity index (χ1n) is 12.0. The molecular weight excluding hydrogens is 474 g/mol. The first-order valence-corrected chi connectivity index (χ1v) is 12.0. The molecule has 37 heavy (non-hydrogen) atoms. The summed E-state index contributed by atoms with van der Waals surface area (Å²) >= 11 is 0. The predicted octanol–water partition coefficient (Wildman–Crippen LogP) is 4.43. The van der Waals surface area contributed by atoms with Gasteiger partial charge in [0.1, 0.15) is 23.9 Å². The fraction of sp³-hybridized carbons (Fsp3) is 0.310. The van der Waals surface area contributed by atoms with Gasteiger partial charge in [0.15, 0.2) is 12.4 Å². The van der Waals surface area contributed by atoms with Crippen LogP contribution < -0.4 is 14.8 Å². The highest BCUT2D eigenvalue weighted by Gasteiger charge is 2.17. The number of carbonyl (C=O) groups is 2. The van der Waals surface area contributed by atoms with Crippen LogP contribution in [0.3, 0.4) is 0 Å². The number of hydrogen-bond acceptors (Lipinski definition) is 7. The third-order valence-electron chi connectivity index (χ3n) is 6.03. The van der Waals surface area contributed by atoms with E-state index >= 15 is 0 Å². The monoisotopic (exact) mass is 507 g/mol. The zero-order chi connectivity index (χ0) is 27.1. The number of rotatable bonds is 12. The van der Waals surface area contributed by atoms with Gasteiger partial charge in [-0.2, -0.15) is 0 Å². The Morgan fingerprint density at radius 3 is 2.19 bits per heavy atom. The summed E-state index contributed by atoms with van der Waals surface area (Å²) in [6.45, 7) is 7.61. The average Bonchev–Trinajstić information content (AvgIpc) is 2.86. The molecule has 0 aromatic heterocycles. The molecule has 0 spiro atoms. The molecule has 0 aliphatic carbocycles. The summed E-state index contributed by atoms with van der Waals surface area (Å²) in [5, 5.41) is 32.1. The average molecular weight is 508 g/mol. The Morgan fingerprint density at radius 2 is 1.59 bits per heavy atom. The van der Waals surface area contributed by atoms with Gasteiger partial charge in [-0.1, -0.05) is 18.2 Å². The van der Waals surface area contributed by atoms with Crippen LogP contribution in [-0.2, 0) is 4.79 Å². The van der Waals surface area contributed by atoms with E-state index in [0.717, 1.165) is 33.6 Å². The number of aliphatic hydroxyl groups excluding tert-OH is 1. The van der Waals surface area contributed by atoms with Gasteiger partial charge in [-0.25, -0.2) is 4.79 Å². The molecular formula is C29H33NO7. The molecule has 0 saturated heterocycles. The lowest BCUT2D eigenvalue weighted by molar-refractivity contribution is -0.139. The van der Waals surface area contributed by atoms with Gasteiger partial charge >= 0.3 is 5.97 Å². The number of carboxylic acids is 1. The van der Waals surface area contributed by atoms with E-state index in [2.05, 4.69) is 5.32 Å². The molecule has 0 aliphatic rings. The molecule has 3 rings (SSSR count). The molecule has 0 bridgehead atoms. The molecule has 196 valence electrons. The van der Waals surface area contributed by atoms with Crippen molar-refractivity contribution in [1.29, 1.82) is 0 Å². The molecule has 4 N–H and O–H groups in total. The Bertz CT molecular complexity index is 1230. The highest BCUT2D eigenvalue weighted by atomic mass is 16.5. The van der Waals surface area contributed by atoms with E-state index in [4.69, 9.17) is 14.6 Å². The molecule has 0 aliphatic heterocycles. The van der Waals surface area contributed by atoms with Crippen molar-refractivity contribution >= 4 is 11.8 Å². The Balaban J connectivity index is 1.64. The number of ketones is 1. The van der Waals surface area contributed by atoms with Crippen molar-refractivity contribution in [2.45, 2.75) is 39.8 Å². The summed E-state index contributed by atoms with van der Waals surface area (Å²) < 4.78 is 11.3. The van der Waals surface area contributed by atoms with Gasteiger partial charge in [-0.15, -0.1) is 0 Å².